The minimum atomic E-state index is -3.89. The Bertz CT molecular complexity index is 688. The van der Waals surface area contributed by atoms with Gasteiger partial charge in [-0.1, -0.05) is 0 Å². The van der Waals surface area contributed by atoms with E-state index < -0.39 is 20.4 Å². The highest BCUT2D eigenvalue weighted by Gasteiger charge is 2.35. The molecule has 2 rings (SSSR count). The first kappa shape index (κ1) is 18.3. The third-order valence-corrected chi connectivity index (χ3v) is 5.96. The molecule has 1 aliphatic heterocycles. The van der Waals surface area contributed by atoms with Gasteiger partial charge >= 0.3 is 0 Å². The van der Waals surface area contributed by atoms with Crippen molar-refractivity contribution in [2.75, 3.05) is 26.4 Å². The molecule has 1 atom stereocenters. The molecular formula is C13H17BrN2O6S. The number of halogens is 1. The summed E-state index contributed by atoms with van der Waals surface area (Å²) in [6.07, 6.45) is 1.08. The molecule has 1 aromatic rings. The maximum Gasteiger partial charge on any atom is 0.284 e. The van der Waals surface area contributed by atoms with Crippen LogP contribution in [0.1, 0.15) is 12.8 Å². The number of nitrogens with one attached hydrogen (secondary N) is 1. The van der Waals surface area contributed by atoms with Gasteiger partial charge in [-0.05, 0) is 40.9 Å². The first-order valence-electron chi connectivity index (χ1n) is 6.92. The summed E-state index contributed by atoms with van der Waals surface area (Å²) in [5.74, 6) is 0. The summed E-state index contributed by atoms with van der Waals surface area (Å²) in [4.78, 5) is 10.1. The number of nitrogens with zero attached hydrogens (tertiary/aromatic N) is 1. The number of rotatable bonds is 7. The van der Waals surface area contributed by atoms with Gasteiger partial charge in [0.25, 0.3) is 5.69 Å². The molecule has 2 N–H and O–H groups in total. The second-order valence-corrected chi connectivity index (χ2v) is 8.09. The molecule has 0 bridgehead atoms. The molecule has 1 aliphatic rings. The zero-order valence-electron chi connectivity index (χ0n) is 12.2. The van der Waals surface area contributed by atoms with Crippen LogP contribution in [0, 0.1) is 15.5 Å². The lowest BCUT2D eigenvalue weighted by Crippen LogP contribution is -2.38. The van der Waals surface area contributed by atoms with Crippen molar-refractivity contribution in [1.29, 1.82) is 0 Å². The molecule has 1 aromatic carbocycles. The molecule has 8 nitrogen and oxygen atoms in total. The van der Waals surface area contributed by atoms with E-state index in [0.717, 1.165) is 6.07 Å². The molecule has 1 fully saturated rings. The van der Waals surface area contributed by atoms with Crippen molar-refractivity contribution in [3.8, 4) is 0 Å². The highest BCUT2D eigenvalue weighted by Crippen LogP contribution is 2.32. The second-order valence-electron chi connectivity index (χ2n) is 5.47. The normalized spacial score (nSPS) is 21.5. The zero-order valence-corrected chi connectivity index (χ0v) is 14.6. The van der Waals surface area contributed by atoms with Crippen LogP contribution in [0.25, 0.3) is 0 Å². The Kier molecular flexibility index (Phi) is 5.74. The van der Waals surface area contributed by atoms with Crippen LogP contribution in [0.2, 0.25) is 0 Å². The van der Waals surface area contributed by atoms with Gasteiger partial charge in [-0.2, -0.15) is 0 Å². The van der Waals surface area contributed by atoms with E-state index in [2.05, 4.69) is 20.7 Å². The number of nitro benzene ring substituents is 1. The summed E-state index contributed by atoms with van der Waals surface area (Å²) in [6.45, 7) is 0.941. The lowest BCUT2D eigenvalue weighted by Gasteiger charge is -2.26. The highest BCUT2D eigenvalue weighted by atomic mass is 79.9. The molecule has 0 spiro atoms. The Morgan fingerprint density at radius 3 is 2.78 bits per heavy atom. The van der Waals surface area contributed by atoms with Gasteiger partial charge in [-0.3, -0.25) is 10.1 Å². The number of nitro groups is 1. The SMILES string of the molecule is O=[N+]([O-])c1cc(S(=O)(=O)NCC2(CCO)CCOC2)ccc1Br. The molecule has 1 unspecified atom stereocenters. The molecule has 1 saturated heterocycles. The van der Waals surface area contributed by atoms with Crippen LogP contribution in [0.3, 0.4) is 0 Å². The maximum atomic E-state index is 12.4. The Morgan fingerprint density at radius 2 is 2.22 bits per heavy atom. The van der Waals surface area contributed by atoms with Crippen molar-refractivity contribution in [3.63, 3.8) is 0 Å². The molecule has 0 radical (unpaired) electrons. The minimum absolute atomic E-state index is 0.0607. The first-order valence-corrected chi connectivity index (χ1v) is 9.19. The third kappa shape index (κ3) is 4.27. The lowest BCUT2D eigenvalue weighted by atomic mass is 9.84. The molecule has 1 heterocycles. The number of hydrogen-bond donors (Lipinski definition) is 2. The monoisotopic (exact) mass is 408 g/mol. The molecule has 0 saturated carbocycles. The lowest BCUT2D eigenvalue weighted by molar-refractivity contribution is -0.385. The highest BCUT2D eigenvalue weighted by molar-refractivity contribution is 9.10. The smallest absolute Gasteiger partial charge is 0.284 e. The fraction of sp³-hybridized carbons (Fsp3) is 0.538. The van der Waals surface area contributed by atoms with E-state index in [4.69, 9.17) is 9.84 Å². The van der Waals surface area contributed by atoms with E-state index in [9.17, 15) is 18.5 Å². The standard InChI is InChI=1S/C13H17BrN2O6S/c14-11-2-1-10(7-12(11)16(18)19)23(20,21)15-8-13(3-5-17)4-6-22-9-13/h1-2,7,15,17H,3-6,8-9H2. The summed E-state index contributed by atoms with van der Waals surface area (Å²) >= 11 is 3.02. The Morgan fingerprint density at radius 1 is 1.48 bits per heavy atom. The van der Waals surface area contributed by atoms with Gasteiger partial charge < -0.3 is 9.84 Å². The van der Waals surface area contributed by atoms with Crippen LogP contribution in [-0.2, 0) is 14.8 Å². The largest absolute Gasteiger partial charge is 0.396 e. The molecule has 0 aliphatic carbocycles. The zero-order chi connectivity index (χ0) is 17.1. The quantitative estimate of drug-likeness (QED) is 0.520. The van der Waals surface area contributed by atoms with Crippen molar-refractivity contribution in [2.45, 2.75) is 17.7 Å². The van der Waals surface area contributed by atoms with Crippen molar-refractivity contribution in [1.82, 2.24) is 4.72 Å². The average molecular weight is 409 g/mol. The number of benzene rings is 1. The van der Waals surface area contributed by atoms with Gasteiger partial charge in [0.1, 0.15) is 0 Å². The van der Waals surface area contributed by atoms with E-state index in [-0.39, 0.29) is 28.2 Å². The van der Waals surface area contributed by atoms with Gasteiger partial charge in [0.05, 0.1) is 20.9 Å². The van der Waals surface area contributed by atoms with Crippen LogP contribution in [0.15, 0.2) is 27.6 Å². The third-order valence-electron chi connectivity index (χ3n) is 3.89. The molecule has 10 heteroatoms. The van der Waals surface area contributed by atoms with Crippen molar-refractivity contribution in [2.24, 2.45) is 5.41 Å². The summed E-state index contributed by atoms with van der Waals surface area (Å²) in [5, 5.41) is 20.1. The minimum Gasteiger partial charge on any atom is -0.396 e. The fourth-order valence-electron chi connectivity index (χ4n) is 2.44. The van der Waals surface area contributed by atoms with Crippen LogP contribution < -0.4 is 4.72 Å². The van der Waals surface area contributed by atoms with Crippen LogP contribution in [-0.4, -0.2) is 44.8 Å². The predicted molar refractivity (Wildman–Crippen MR) is 85.6 cm³/mol. The van der Waals surface area contributed by atoms with Crippen LogP contribution in [0.4, 0.5) is 5.69 Å². The van der Waals surface area contributed by atoms with Gasteiger partial charge in [0.2, 0.25) is 10.0 Å². The Balaban J connectivity index is 2.19. The number of aliphatic hydroxyl groups excluding tert-OH is 1. The number of ether oxygens (including phenoxy) is 1. The number of aliphatic hydroxyl groups is 1. The van der Waals surface area contributed by atoms with Gasteiger partial charge in [-0.15, -0.1) is 0 Å². The second kappa shape index (κ2) is 7.22. The maximum absolute atomic E-state index is 12.4. The van der Waals surface area contributed by atoms with Crippen LogP contribution >= 0.6 is 15.9 Å². The van der Waals surface area contributed by atoms with Crippen molar-refractivity contribution < 1.29 is 23.2 Å². The Hall–Kier alpha value is -1.07. The van der Waals surface area contributed by atoms with Crippen molar-refractivity contribution in [3.05, 3.63) is 32.8 Å². The topological polar surface area (TPSA) is 119 Å². The van der Waals surface area contributed by atoms with E-state index in [0.29, 0.717) is 26.1 Å². The van der Waals surface area contributed by atoms with E-state index >= 15 is 0 Å². The molecular weight excluding hydrogens is 392 g/mol. The van der Waals surface area contributed by atoms with Gasteiger partial charge in [0.15, 0.2) is 0 Å². The summed E-state index contributed by atoms with van der Waals surface area (Å²) in [5.41, 5.74) is -0.759. The van der Waals surface area contributed by atoms with E-state index in [1.54, 1.807) is 0 Å². The fourth-order valence-corrected chi connectivity index (χ4v) is 4.01. The summed E-state index contributed by atoms with van der Waals surface area (Å²) in [6, 6.07) is 3.63. The molecule has 0 amide bonds. The van der Waals surface area contributed by atoms with E-state index in [1.165, 1.54) is 12.1 Å². The van der Waals surface area contributed by atoms with Gasteiger partial charge in [0, 0.05) is 31.2 Å². The van der Waals surface area contributed by atoms with Gasteiger partial charge in [-0.25, -0.2) is 13.1 Å². The van der Waals surface area contributed by atoms with Crippen LogP contribution in [0.5, 0.6) is 0 Å². The van der Waals surface area contributed by atoms with E-state index in [1.807, 2.05) is 0 Å². The molecule has 128 valence electrons. The summed E-state index contributed by atoms with van der Waals surface area (Å²) in [7, 11) is -3.89. The first-order chi connectivity index (χ1) is 10.8. The Labute approximate surface area is 142 Å². The molecule has 0 aromatic heterocycles. The predicted octanol–water partition coefficient (Wildman–Crippen LogP) is 1.42. The average Bonchev–Trinajstić information content (AvgIpc) is 2.95. The number of sulfonamides is 1. The number of hydrogen-bond acceptors (Lipinski definition) is 6. The molecule has 23 heavy (non-hydrogen) atoms. The summed E-state index contributed by atoms with van der Waals surface area (Å²) < 4.78 is 32.7. The van der Waals surface area contributed by atoms with Crippen molar-refractivity contribution >= 4 is 31.6 Å².